The van der Waals surface area contributed by atoms with Crippen LogP contribution in [0, 0.1) is 0 Å². The van der Waals surface area contributed by atoms with Crippen LogP contribution in [0.1, 0.15) is 23.2 Å². The van der Waals surface area contributed by atoms with Gasteiger partial charge in [0.1, 0.15) is 29.5 Å². The summed E-state index contributed by atoms with van der Waals surface area (Å²) in [5.41, 5.74) is 2.96. The maximum absolute atomic E-state index is 13.1. The fraction of sp³-hybridized carbons (Fsp3) is 0.200. The molecule has 2 aromatic carbocycles. The van der Waals surface area contributed by atoms with Crippen molar-refractivity contribution in [2.24, 2.45) is 0 Å². The van der Waals surface area contributed by atoms with Crippen LogP contribution in [-0.2, 0) is 4.74 Å². The number of nitrogens with zero attached hydrogens (tertiary/aromatic N) is 2. The van der Waals surface area contributed by atoms with E-state index in [1.54, 1.807) is 12.1 Å². The van der Waals surface area contributed by atoms with Gasteiger partial charge in [-0.25, -0.2) is 4.98 Å². The average Bonchev–Trinajstić information content (AvgIpc) is 3.47. The number of carbonyl (C=O) groups excluding carboxylic acids is 1. The minimum atomic E-state index is -0.217. The lowest BCUT2D eigenvalue weighted by Crippen LogP contribution is -2.17. The van der Waals surface area contributed by atoms with E-state index >= 15 is 0 Å². The van der Waals surface area contributed by atoms with Gasteiger partial charge in [0.25, 0.3) is 5.91 Å². The first-order valence-electron chi connectivity index (χ1n) is 10.5. The van der Waals surface area contributed by atoms with Crippen molar-refractivity contribution in [1.29, 1.82) is 0 Å². The number of ether oxygens (including phenoxy) is 2. The highest BCUT2D eigenvalue weighted by Gasteiger charge is 2.18. The number of rotatable bonds is 6. The summed E-state index contributed by atoms with van der Waals surface area (Å²) in [5, 5.41) is 3.05. The highest BCUT2D eigenvalue weighted by Crippen LogP contribution is 2.29. The molecule has 1 N–H and O–H groups in total. The summed E-state index contributed by atoms with van der Waals surface area (Å²) in [4.78, 5) is 17.8. The van der Waals surface area contributed by atoms with Crippen LogP contribution in [0.15, 0.2) is 79.0 Å². The predicted molar refractivity (Wildman–Crippen MR) is 119 cm³/mol. The first kappa shape index (κ1) is 19.3. The third-order valence-corrected chi connectivity index (χ3v) is 5.37. The molecule has 1 aliphatic rings. The van der Waals surface area contributed by atoms with Gasteiger partial charge in [-0.2, -0.15) is 0 Å². The van der Waals surface area contributed by atoms with E-state index in [1.165, 1.54) is 0 Å². The fourth-order valence-electron chi connectivity index (χ4n) is 3.78. The zero-order valence-electron chi connectivity index (χ0n) is 17.0. The van der Waals surface area contributed by atoms with E-state index < -0.39 is 0 Å². The quantitative estimate of drug-likeness (QED) is 0.493. The number of nitrogens with one attached hydrogen (secondary N) is 1. The molecule has 4 aromatic rings. The number of aromatic nitrogens is 2. The molecule has 31 heavy (non-hydrogen) atoms. The molecule has 1 atom stereocenters. The number of pyridine rings is 1. The SMILES string of the molecule is O=C(Nc1c(-c2ccccc2)nc2ccccn12)c1cccc(OCC2CCCO2)c1. The number of imidazole rings is 1. The molecule has 1 fully saturated rings. The number of hydrogen-bond donors (Lipinski definition) is 1. The molecular formula is C25H23N3O3. The zero-order chi connectivity index (χ0) is 21.0. The van der Waals surface area contributed by atoms with E-state index in [-0.39, 0.29) is 12.0 Å². The van der Waals surface area contributed by atoms with Crippen LogP contribution in [-0.4, -0.2) is 34.6 Å². The van der Waals surface area contributed by atoms with Crippen molar-refractivity contribution in [2.75, 3.05) is 18.5 Å². The maximum Gasteiger partial charge on any atom is 0.256 e. The second-order valence-corrected chi connectivity index (χ2v) is 7.53. The Labute approximate surface area is 180 Å². The normalized spacial score (nSPS) is 15.8. The second kappa shape index (κ2) is 8.62. The molecule has 0 spiro atoms. The van der Waals surface area contributed by atoms with Crippen LogP contribution < -0.4 is 10.1 Å². The number of hydrogen-bond acceptors (Lipinski definition) is 4. The van der Waals surface area contributed by atoms with Crippen molar-refractivity contribution >= 4 is 17.4 Å². The predicted octanol–water partition coefficient (Wildman–Crippen LogP) is 4.81. The smallest absolute Gasteiger partial charge is 0.256 e. The number of amides is 1. The third kappa shape index (κ3) is 4.15. The van der Waals surface area contributed by atoms with E-state index in [0.717, 1.165) is 36.4 Å². The number of fused-ring (bicyclic) bond motifs is 1. The fourth-order valence-corrected chi connectivity index (χ4v) is 3.78. The van der Waals surface area contributed by atoms with Crippen molar-refractivity contribution in [3.8, 4) is 17.0 Å². The first-order valence-corrected chi connectivity index (χ1v) is 10.5. The summed E-state index contributed by atoms with van der Waals surface area (Å²) in [6, 6.07) is 22.8. The summed E-state index contributed by atoms with van der Waals surface area (Å²) in [5.74, 6) is 1.08. The largest absolute Gasteiger partial charge is 0.491 e. The lowest BCUT2D eigenvalue weighted by Gasteiger charge is -2.12. The molecule has 6 heteroatoms. The molecule has 6 nitrogen and oxygen atoms in total. The molecule has 156 valence electrons. The molecule has 1 aliphatic heterocycles. The Bertz CT molecular complexity index is 1200. The van der Waals surface area contributed by atoms with Gasteiger partial charge in [-0.3, -0.25) is 9.20 Å². The van der Waals surface area contributed by atoms with E-state index in [9.17, 15) is 4.79 Å². The van der Waals surface area contributed by atoms with Crippen molar-refractivity contribution in [2.45, 2.75) is 18.9 Å². The van der Waals surface area contributed by atoms with Gasteiger partial charge in [-0.1, -0.05) is 42.5 Å². The average molecular weight is 413 g/mol. The summed E-state index contributed by atoms with van der Waals surface area (Å²) >= 11 is 0. The second-order valence-electron chi connectivity index (χ2n) is 7.53. The number of benzene rings is 2. The molecule has 1 unspecified atom stereocenters. The van der Waals surface area contributed by atoms with Crippen molar-refractivity contribution in [3.05, 3.63) is 84.6 Å². The van der Waals surface area contributed by atoms with Crippen molar-refractivity contribution in [3.63, 3.8) is 0 Å². The number of anilines is 1. The lowest BCUT2D eigenvalue weighted by atomic mass is 10.1. The van der Waals surface area contributed by atoms with Gasteiger partial charge in [-0.15, -0.1) is 0 Å². The molecule has 1 saturated heterocycles. The topological polar surface area (TPSA) is 64.9 Å². The van der Waals surface area contributed by atoms with Gasteiger partial charge < -0.3 is 14.8 Å². The lowest BCUT2D eigenvalue weighted by molar-refractivity contribution is 0.0679. The minimum absolute atomic E-state index is 0.129. The van der Waals surface area contributed by atoms with Gasteiger partial charge in [0.15, 0.2) is 0 Å². The molecule has 0 saturated carbocycles. The van der Waals surface area contributed by atoms with Gasteiger partial charge in [0.05, 0.1) is 6.10 Å². The van der Waals surface area contributed by atoms with Crippen LogP contribution in [0.25, 0.3) is 16.9 Å². The van der Waals surface area contributed by atoms with Gasteiger partial charge >= 0.3 is 0 Å². The standard InChI is InChI=1S/C25H23N3O3/c29-25(19-10-6-11-20(16-19)31-17-21-12-7-15-30-21)27-24-23(18-8-2-1-3-9-18)26-22-13-4-5-14-28(22)24/h1-6,8-11,13-14,16,21H,7,12,15,17H2,(H,27,29). The Kier molecular flexibility index (Phi) is 5.37. The molecular weight excluding hydrogens is 390 g/mol. The highest BCUT2D eigenvalue weighted by molar-refractivity contribution is 6.06. The minimum Gasteiger partial charge on any atom is -0.491 e. The number of carbonyl (C=O) groups is 1. The van der Waals surface area contributed by atoms with E-state index in [4.69, 9.17) is 14.5 Å². The molecule has 5 rings (SSSR count). The molecule has 1 amide bonds. The third-order valence-electron chi connectivity index (χ3n) is 5.37. The molecule has 3 heterocycles. The molecule has 0 radical (unpaired) electrons. The molecule has 0 bridgehead atoms. The Hall–Kier alpha value is -3.64. The van der Waals surface area contributed by atoms with E-state index in [0.29, 0.717) is 23.7 Å². The van der Waals surface area contributed by atoms with Crippen LogP contribution in [0.5, 0.6) is 5.75 Å². The van der Waals surface area contributed by atoms with Crippen LogP contribution >= 0.6 is 0 Å². The molecule has 0 aliphatic carbocycles. The summed E-state index contributed by atoms with van der Waals surface area (Å²) in [6.45, 7) is 1.29. The van der Waals surface area contributed by atoms with Crippen LogP contribution in [0.3, 0.4) is 0 Å². The Balaban J connectivity index is 1.41. The van der Waals surface area contributed by atoms with Crippen molar-refractivity contribution < 1.29 is 14.3 Å². The Morgan fingerprint density at radius 1 is 1.10 bits per heavy atom. The monoisotopic (exact) mass is 413 g/mol. The van der Waals surface area contributed by atoms with Gasteiger partial charge in [0, 0.05) is 23.9 Å². The Morgan fingerprint density at radius 2 is 1.97 bits per heavy atom. The molecule has 2 aromatic heterocycles. The van der Waals surface area contributed by atoms with Gasteiger partial charge in [-0.05, 0) is 43.2 Å². The maximum atomic E-state index is 13.1. The van der Waals surface area contributed by atoms with Crippen LogP contribution in [0.4, 0.5) is 5.82 Å². The zero-order valence-corrected chi connectivity index (χ0v) is 17.0. The van der Waals surface area contributed by atoms with Crippen LogP contribution in [0.2, 0.25) is 0 Å². The summed E-state index contributed by atoms with van der Waals surface area (Å²) in [7, 11) is 0. The Morgan fingerprint density at radius 3 is 2.81 bits per heavy atom. The first-order chi connectivity index (χ1) is 15.3. The van der Waals surface area contributed by atoms with Crippen molar-refractivity contribution in [1.82, 2.24) is 9.38 Å². The highest BCUT2D eigenvalue weighted by atomic mass is 16.5. The van der Waals surface area contributed by atoms with Gasteiger partial charge in [0.2, 0.25) is 0 Å². The summed E-state index contributed by atoms with van der Waals surface area (Å²) < 4.78 is 13.3. The summed E-state index contributed by atoms with van der Waals surface area (Å²) in [6.07, 6.45) is 4.10. The van der Waals surface area contributed by atoms with E-state index in [2.05, 4.69) is 5.32 Å². The van der Waals surface area contributed by atoms with E-state index in [1.807, 2.05) is 71.3 Å².